The van der Waals surface area contributed by atoms with Gasteiger partial charge in [0.05, 0.1) is 7.11 Å². The van der Waals surface area contributed by atoms with Gasteiger partial charge in [-0.25, -0.2) is 0 Å². The molecule has 14 heavy (non-hydrogen) atoms. The summed E-state index contributed by atoms with van der Waals surface area (Å²) in [5.41, 5.74) is 0.449. The average molecular weight is 196 g/mol. The molecule has 0 fully saturated rings. The van der Waals surface area contributed by atoms with Crippen molar-refractivity contribution < 1.29 is 14.9 Å². The first kappa shape index (κ1) is 10.7. The number of phenolic OH excluding ortho intramolecular Hbond substituents is 2. The molecule has 0 amide bonds. The summed E-state index contributed by atoms with van der Waals surface area (Å²) in [5, 5.41) is 19.2. The molecule has 0 unspecified atom stereocenters. The second-order valence-corrected chi connectivity index (χ2v) is 4.29. The molecule has 3 nitrogen and oxygen atoms in total. The van der Waals surface area contributed by atoms with Gasteiger partial charge in [-0.05, 0) is 11.5 Å². The fourth-order valence-corrected chi connectivity index (χ4v) is 1.32. The molecule has 0 radical (unpaired) electrons. The van der Waals surface area contributed by atoms with Crippen LogP contribution in [0.25, 0.3) is 0 Å². The van der Waals surface area contributed by atoms with Crippen molar-refractivity contribution in [1.82, 2.24) is 0 Å². The summed E-state index contributed by atoms with van der Waals surface area (Å²) in [6.07, 6.45) is 0. The van der Waals surface area contributed by atoms with Gasteiger partial charge >= 0.3 is 0 Å². The lowest BCUT2D eigenvalue weighted by atomic mass is 9.86. The van der Waals surface area contributed by atoms with Gasteiger partial charge in [0.1, 0.15) is 5.75 Å². The minimum absolute atomic E-state index is 0.0952. The monoisotopic (exact) mass is 196 g/mol. The second-order valence-electron chi connectivity index (χ2n) is 4.29. The van der Waals surface area contributed by atoms with E-state index in [1.807, 2.05) is 20.8 Å². The van der Waals surface area contributed by atoms with Gasteiger partial charge in [0.25, 0.3) is 0 Å². The van der Waals surface area contributed by atoms with E-state index in [1.165, 1.54) is 13.2 Å². The van der Waals surface area contributed by atoms with Crippen LogP contribution in [0, 0.1) is 0 Å². The third-order valence-electron chi connectivity index (χ3n) is 2.09. The number of hydrogen-bond donors (Lipinski definition) is 2. The highest BCUT2D eigenvalue weighted by atomic mass is 16.5. The van der Waals surface area contributed by atoms with Crippen LogP contribution in [0.4, 0.5) is 0 Å². The SMILES string of the molecule is COc1cc(O)cc(C(C)(C)C)c1O. The predicted octanol–water partition coefficient (Wildman–Crippen LogP) is 2.40. The molecule has 1 aromatic rings. The molecule has 78 valence electrons. The van der Waals surface area contributed by atoms with Crippen LogP contribution in [-0.4, -0.2) is 17.3 Å². The molecular formula is C11H16O3. The molecule has 1 rings (SSSR count). The van der Waals surface area contributed by atoms with Gasteiger partial charge in [-0.15, -0.1) is 0 Å². The normalized spacial score (nSPS) is 11.4. The Kier molecular flexibility index (Phi) is 2.60. The Bertz CT molecular complexity index is 337. The van der Waals surface area contributed by atoms with Crippen molar-refractivity contribution in [3.63, 3.8) is 0 Å². The molecule has 0 bridgehead atoms. The Hall–Kier alpha value is -1.38. The number of benzene rings is 1. The van der Waals surface area contributed by atoms with Crippen molar-refractivity contribution in [3.05, 3.63) is 17.7 Å². The van der Waals surface area contributed by atoms with E-state index in [2.05, 4.69) is 0 Å². The molecule has 1 aromatic carbocycles. The van der Waals surface area contributed by atoms with E-state index in [0.29, 0.717) is 11.3 Å². The summed E-state index contributed by atoms with van der Waals surface area (Å²) in [5.74, 6) is 0.498. The minimum atomic E-state index is -0.226. The molecule has 0 aliphatic carbocycles. The Labute approximate surface area is 84.0 Å². The maximum absolute atomic E-state index is 9.81. The van der Waals surface area contributed by atoms with E-state index >= 15 is 0 Å². The van der Waals surface area contributed by atoms with Gasteiger partial charge in [-0.3, -0.25) is 0 Å². The molecule has 0 aliphatic heterocycles. The van der Waals surface area contributed by atoms with Crippen LogP contribution in [0.15, 0.2) is 12.1 Å². The van der Waals surface area contributed by atoms with Gasteiger partial charge in [-0.2, -0.15) is 0 Å². The molecule has 0 saturated carbocycles. The van der Waals surface area contributed by atoms with E-state index in [9.17, 15) is 10.2 Å². The van der Waals surface area contributed by atoms with E-state index in [1.54, 1.807) is 6.07 Å². The maximum Gasteiger partial charge on any atom is 0.164 e. The van der Waals surface area contributed by atoms with Crippen LogP contribution in [0.1, 0.15) is 26.3 Å². The number of methoxy groups -OCH3 is 1. The Morgan fingerprint density at radius 2 is 1.71 bits per heavy atom. The molecule has 0 aliphatic rings. The summed E-state index contributed by atoms with van der Waals surface area (Å²) in [6, 6.07) is 2.95. The number of phenols is 2. The third-order valence-corrected chi connectivity index (χ3v) is 2.09. The first-order valence-electron chi connectivity index (χ1n) is 4.46. The molecule has 0 heterocycles. The third kappa shape index (κ3) is 1.92. The van der Waals surface area contributed by atoms with Crippen molar-refractivity contribution in [2.45, 2.75) is 26.2 Å². The van der Waals surface area contributed by atoms with Crippen LogP contribution in [0.5, 0.6) is 17.2 Å². The van der Waals surface area contributed by atoms with Gasteiger partial charge in [-0.1, -0.05) is 20.8 Å². The fraction of sp³-hybridized carbons (Fsp3) is 0.455. The summed E-state index contributed by atoms with van der Waals surface area (Å²) >= 11 is 0. The lowest BCUT2D eigenvalue weighted by molar-refractivity contribution is 0.358. The van der Waals surface area contributed by atoms with Crippen molar-refractivity contribution in [2.24, 2.45) is 0 Å². The molecule has 0 aromatic heterocycles. The number of hydrogen-bond acceptors (Lipinski definition) is 3. The number of rotatable bonds is 1. The van der Waals surface area contributed by atoms with Crippen LogP contribution >= 0.6 is 0 Å². The average Bonchev–Trinajstić information content (AvgIpc) is 2.06. The van der Waals surface area contributed by atoms with Gasteiger partial charge in [0.2, 0.25) is 0 Å². The summed E-state index contributed by atoms with van der Waals surface area (Å²) in [6.45, 7) is 5.88. The Morgan fingerprint density at radius 3 is 2.14 bits per heavy atom. The van der Waals surface area contributed by atoms with Crippen LogP contribution < -0.4 is 4.74 Å². The molecular weight excluding hydrogens is 180 g/mol. The van der Waals surface area contributed by atoms with Crippen molar-refractivity contribution in [2.75, 3.05) is 7.11 Å². The van der Waals surface area contributed by atoms with E-state index in [-0.39, 0.29) is 16.9 Å². The van der Waals surface area contributed by atoms with Gasteiger partial charge < -0.3 is 14.9 Å². The van der Waals surface area contributed by atoms with Crippen LogP contribution in [0.2, 0.25) is 0 Å². The van der Waals surface area contributed by atoms with E-state index < -0.39 is 0 Å². The lowest BCUT2D eigenvalue weighted by Crippen LogP contribution is -2.11. The molecule has 3 heteroatoms. The standard InChI is InChI=1S/C11H16O3/c1-11(2,3)8-5-7(12)6-9(14-4)10(8)13/h5-6,12-13H,1-4H3. The predicted molar refractivity (Wildman–Crippen MR) is 55.0 cm³/mol. The lowest BCUT2D eigenvalue weighted by Gasteiger charge is -2.21. The summed E-state index contributed by atoms with van der Waals surface area (Å²) < 4.78 is 4.95. The molecule has 0 spiro atoms. The largest absolute Gasteiger partial charge is 0.508 e. The quantitative estimate of drug-likeness (QED) is 0.678. The Balaban J connectivity index is 3.37. The molecule has 0 atom stereocenters. The highest BCUT2D eigenvalue weighted by Gasteiger charge is 2.21. The topological polar surface area (TPSA) is 49.7 Å². The zero-order valence-corrected chi connectivity index (χ0v) is 8.96. The van der Waals surface area contributed by atoms with E-state index in [4.69, 9.17) is 4.74 Å². The highest BCUT2D eigenvalue weighted by molar-refractivity contribution is 5.52. The Morgan fingerprint density at radius 1 is 1.14 bits per heavy atom. The van der Waals surface area contributed by atoms with Gasteiger partial charge in [0, 0.05) is 11.6 Å². The van der Waals surface area contributed by atoms with E-state index in [0.717, 1.165) is 0 Å². The minimum Gasteiger partial charge on any atom is -0.508 e. The smallest absolute Gasteiger partial charge is 0.164 e. The fourth-order valence-electron chi connectivity index (χ4n) is 1.32. The number of aromatic hydroxyl groups is 2. The van der Waals surface area contributed by atoms with Crippen molar-refractivity contribution >= 4 is 0 Å². The van der Waals surface area contributed by atoms with Crippen LogP contribution in [-0.2, 0) is 5.41 Å². The first-order valence-corrected chi connectivity index (χ1v) is 4.46. The molecule has 0 saturated heterocycles. The van der Waals surface area contributed by atoms with Crippen molar-refractivity contribution in [1.29, 1.82) is 0 Å². The van der Waals surface area contributed by atoms with Gasteiger partial charge in [0.15, 0.2) is 11.5 Å². The molecule has 2 N–H and O–H groups in total. The second kappa shape index (κ2) is 3.40. The first-order chi connectivity index (χ1) is 6.36. The summed E-state index contributed by atoms with van der Waals surface area (Å²) in [4.78, 5) is 0. The van der Waals surface area contributed by atoms with Crippen LogP contribution in [0.3, 0.4) is 0 Å². The maximum atomic E-state index is 9.81. The zero-order valence-electron chi connectivity index (χ0n) is 8.96. The van der Waals surface area contributed by atoms with Crippen molar-refractivity contribution in [3.8, 4) is 17.2 Å². The highest BCUT2D eigenvalue weighted by Crippen LogP contribution is 2.40. The zero-order chi connectivity index (χ0) is 10.9. The number of ether oxygens (including phenoxy) is 1. The summed E-state index contributed by atoms with van der Waals surface area (Å²) in [7, 11) is 1.46.